The molecule has 4 nitrogen and oxygen atoms in total. The molecule has 2 aromatic carbocycles. The third-order valence-electron chi connectivity index (χ3n) is 4.98. The number of piperidine rings is 1. The summed E-state index contributed by atoms with van der Waals surface area (Å²) < 4.78 is 22.4. The molecule has 150 valence electrons. The molecule has 2 heterocycles. The molecule has 0 atom stereocenters. The van der Waals surface area contributed by atoms with E-state index in [1.54, 1.807) is 12.1 Å². The Kier molecular flexibility index (Phi) is 7.87. The third kappa shape index (κ3) is 4.17. The first-order valence-corrected chi connectivity index (χ1v) is 8.95. The van der Waals surface area contributed by atoms with Crippen LogP contribution >= 0.6 is 24.8 Å². The lowest BCUT2D eigenvalue weighted by atomic mass is 10.0. The van der Waals surface area contributed by atoms with Gasteiger partial charge in [0.1, 0.15) is 0 Å². The van der Waals surface area contributed by atoms with Crippen molar-refractivity contribution in [2.45, 2.75) is 18.9 Å². The summed E-state index contributed by atoms with van der Waals surface area (Å²) in [5, 5.41) is 3.38. The van der Waals surface area contributed by atoms with Crippen LogP contribution in [0.3, 0.4) is 0 Å². The average molecular weight is 424 g/mol. The van der Waals surface area contributed by atoms with Gasteiger partial charge in [-0.25, -0.2) is 9.37 Å². The highest BCUT2D eigenvalue weighted by Gasteiger charge is 2.24. The minimum absolute atomic E-state index is 0. The Labute approximate surface area is 177 Å². The highest BCUT2D eigenvalue weighted by atomic mass is 35.5. The van der Waals surface area contributed by atoms with E-state index in [-0.39, 0.29) is 36.4 Å². The highest BCUT2D eigenvalue weighted by molar-refractivity contribution is 5.85. The molecule has 0 amide bonds. The molecule has 0 unspecified atom stereocenters. The summed E-state index contributed by atoms with van der Waals surface area (Å²) in [6, 6.07) is 15.5. The molecule has 3 aromatic rings. The zero-order valence-electron chi connectivity index (χ0n) is 15.6. The molecular weight excluding hydrogens is 400 g/mol. The van der Waals surface area contributed by atoms with Crippen LogP contribution in [0, 0.1) is 5.82 Å². The second kappa shape index (κ2) is 9.92. The van der Waals surface area contributed by atoms with Crippen molar-refractivity contribution in [1.82, 2.24) is 14.9 Å². The lowest BCUT2D eigenvalue weighted by Gasteiger charge is -2.26. The number of hydrogen-bond donors (Lipinski definition) is 1. The van der Waals surface area contributed by atoms with E-state index in [0.717, 1.165) is 42.9 Å². The maximum absolute atomic E-state index is 15.1. The second-order valence-corrected chi connectivity index (χ2v) is 6.52. The first-order chi connectivity index (χ1) is 12.8. The summed E-state index contributed by atoms with van der Waals surface area (Å²) in [6.45, 7) is 1.92. The quantitative estimate of drug-likeness (QED) is 0.631. The van der Waals surface area contributed by atoms with Crippen LogP contribution in [-0.2, 0) is 0 Å². The summed E-state index contributed by atoms with van der Waals surface area (Å²) in [5.74, 6) is -0.0950. The first kappa shape index (κ1) is 22.2. The van der Waals surface area contributed by atoms with Crippen LogP contribution in [0.5, 0.6) is 5.75 Å². The number of ether oxygens (including phenoxy) is 1. The largest absolute Gasteiger partial charge is 0.494 e. The van der Waals surface area contributed by atoms with Gasteiger partial charge in [-0.15, -0.1) is 24.8 Å². The monoisotopic (exact) mass is 423 g/mol. The molecule has 0 spiro atoms. The third-order valence-corrected chi connectivity index (χ3v) is 4.98. The van der Waals surface area contributed by atoms with Gasteiger partial charge < -0.3 is 14.6 Å². The molecule has 0 bridgehead atoms. The summed E-state index contributed by atoms with van der Waals surface area (Å²) in [6.07, 6.45) is 3.86. The minimum Gasteiger partial charge on any atom is -0.494 e. The first-order valence-electron chi connectivity index (χ1n) is 8.95. The maximum atomic E-state index is 15.1. The van der Waals surface area contributed by atoms with Crippen LogP contribution in [-0.4, -0.2) is 29.8 Å². The van der Waals surface area contributed by atoms with Crippen molar-refractivity contribution in [3.05, 3.63) is 60.7 Å². The number of nitrogens with one attached hydrogen (secondary N) is 1. The van der Waals surface area contributed by atoms with Crippen molar-refractivity contribution in [3.63, 3.8) is 0 Å². The molecule has 1 fully saturated rings. The number of halogens is 3. The van der Waals surface area contributed by atoms with Gasteiger partial charge in [-0.05, 0) is 38.1 Å². The fraction of sp³-hybridized carbons (Fsp3) is 0.286. The molecule has 1 aliphatic heterocycles. The highest BCUT2D eigenvalue weighted by Crippen LogP contribution is 2.38. The van der Waals surface area contributed by atoms with E-state index in [9.17, 15) is 0 Å². The van der Waals surface area contributed by atoms with Crippen LogP contribution in [0.2, 0.25) is 0 Å². The Morgan fingerprint density at radius 2 is 1.75 bits per heavy atom. The summed E-state index contributed by atoms with van der Waals surface area (Å²) in [5.41, 5.74) is 3.13. The number of imidazole rings is 1. The molecule has 0 radical (unpaired) electrons. The summed E-state index contributed by atoms with van der Waals surface area (Å²) in [4.78, 5) is 4.67. The van der Waals surface area contributed by atoms with Crippen molar-refractivity contribution < 1.29 is 9.13 Å². The maximum Gasteiger partial charge on any atom is 0.174 e. The fourth-order valence-corrected chi connectivity index (χ4v) is 3.65. The number of nitrogens with zero attached hydrogens (tertiary/aromatic N) is 2. The van der Waals surface area contributed by atoms with Crippen LogP contribution < -0.4 is 10.1 Å². The van der Waals surface area contributed by atoms with Crippen molar-refractivity contribution in [2.24, 2.45) is 0 Å². The number of hydrogen-bond acceptors (Lipinski definition) is 3. The van der Waals surface area contributed by atoms with Gasteiger partial charge in [-0.2, -0.15) is 0 Å². The molecule has 7 heteroatoms. The Morgan fingerprint density at radius 1 is 1.04 bits per heavy atom. The Bertz CT molecular complexity index is 896. The number of benzene rings is 2. The van der Waals surface area contributed by atoms with Crippen molar-refractivity contribution >= 4 is 24.8 Å². The van der Waals surface area contributed by atoms with E-state index in [2.05, 4.69) is 14.9 Å². The molecule has 1 aromatic heterocycles. The predicted octanol–water partition coefficient (Wildman–Crippen LogP) is 5.13. The second-order valence-electron chi connectivity index (χ2n) is 6.52. The Hall–Kier alpha value is -2.08. The van der Waals surface area contributed by atoms with Crippen LogP contribution in [0.4, 0.5) is 4.39 Å². The van der Waals surface area contributed by atoms with Crippen molar-refractivity contribution in [1.29, 1.82) is 0 Å². The normalized spacial score (nSPS) is 14.1. The molecule has 1 N–H and O–H groups in total. The van der Waals surface area contributed by atoms with Gasteiger partial charge in [-0.1, -0.05) is 36.4 Å². The lowest BCUT2D eigenvalue weighted by molar-refractivity contribution is 0.369. The standard InChI is InChI=1S/C21H22FN3O.2ClH/c1-26-18-9-5-8-17(19(18)22)21-20(15-6-3-2-4-7-15)24-14-25(21)16-10-12-23-13-11-16;;/h2-9,14,16,23H,10-13H2,1H3;2*1H. The lowest BCUT2D eigenvalue weighted by Crippen LogP contribution is -2.29. The molecule has 28 heavy (non-hydrogen) atoms. The van der Waals surface area contributed by atoms with E-state index in [1.165, 1.54) is 7.11 Å². The van der Waals surface area contributed by atoms with Crippen LogP contribution in [0.25, 0.3) is 22.5 Å². The van der Waals surface area contributed by atoms with Gasteiger partial charge in [0.25, 0.3) is 0 Å². The van der Waals surface area contributed by atoms with Crippen LogP contribution in [0.15, 0.2) is 54.9 Å². The Balaban J connectivity index is 0.00000140. The van der Waals surface area contributed by atoms with Crippen molar-refractivity contribution in [3.8, 4) is 28.3 Å². The van der Waals surface area contributed by atoms with Crippen LogP contribution in [0.1, 0.15) is 18.9 Å². The molecule has 1 saturated heterocycles. The van der Waals surface area contributed by atoms with E-state index in [1.807, 2.05) is 42.7 Å². The number of methoxy groups -OCH3 is 1. The van der Waals surface area contributed by atoms with E-state index >= 15 is 4.39 Å². The summed E-state index contributed by atoms with van der Waals surface area (Å²) >= 11 is 0. The fourth-order valence-electron chi connectivity index (χ4n) is 3.65. The SMILES string of the molecule is COc1cccc(-c2c(-c3ccccc3)ncn2C2CCNCC2)c1F.Cl.Cl. The molecular formula is C21H24Cl2FN3O. The summed E-state index contributed by atoms with van der Waals surface area (Å²) in [7, 11) is 1.49. The zero-order chi connectivity index (χ0) is 17.9. The van der Waals surface area contributed by atoms with E-state index < -0.39 is 0 Å². The van der Waals surface area contributed by atoms with Gasteiger partial charge in [-0.3, -0.25) is 0 Å². The average Bonchev–Trinajstić information content (AvgIpc) is 3.14. The molecule has 1 aliphatic rings. The zero-order valence-corrected chi connectivity index (χ0v) is 17.2. The van der Waals surface area contributed by atoms with Gasteiger partial charge in [0.2, 0.25) is 0 Å². The topological polar surface area (TPSA) is 39.1 Å². The minimum atomic E-state index is -0.345. The molecule has 0 aliphatic carbocycles. The molecule has 4 rings (SSSR count). The van der Waals surface area contributed by atoms with Gasteiger partial charge >= 0.3 is 0 Å². The number of rotatable bonds is 4. The van der Waals surface area contributed by atoms with Crippen molar-refractivity contribution in [2.75, 3.05) is 20.2 Å². The van der Waals surface area contributed by atoms with E-state index in [4.69, 9.17) is 4.74 Å². The van der Waals surface area contributed by atoms with Gasteiger partial charge in [0, 0.05) is 17.2 Å². The van der Waals surface area contributed by atoms with E-state index in [0.29, 0.717) is 11.6 Å². The number of aromatic nitrogens is 2. The van der Waals surface area contributed by atoms with Gasteiger partial charge in [0.15, 0.2) is 11.6 Å². The molecule has 0 saturated carbocycles. The smallest absolute Gasteiger partial charge is 0.174 e. The Morgan fingerprint density at radius 3 is 2.43 bits per heavy atom. The van der Waals surface area contributed by atoms with Gasteiger partial charge in [0.05, 0.1) is 24.8 Å². The predicted molar refractivity (Wildman–Crippen MR) is 115 cm³/mol.